The molecule has 0 spiro atoms. The number of aromatic nitrogens is 2. The zero-order chi connectivity index (χ0) is 19.9. The number of non-ortho nitro benzene ring substituents is 1. The van der Waals surface area contributed by atoms with Gasteiger partial charge >= 0.3 is 0 Å². The number of carbonyl (C=O) groups excluding carboxylic acids is 2. The molecule has 0 saturated carbocycles. The number of aromatic amines is 1. The molecule has 2 aromatic carbocycles. The fourth-order valence-electron chi connectivity index (χ4n) is 2.57. The maximum Gasteiger partial charge on any atom is 0.269 e. The summed E-state index contributed by atoms with van der Waals surface area (Å²) in [6.07, 6.45) is 3.08. The number of nitro benzene ring substituents is 1. The van der Waals surface area contributed by atoms with Gasteiger partial charge in [-0.3, -0.25) is 24.8 Å². The van der Waals surface area contributed by atoms with Crippen molar-refractivity contribution in [1.29, 1.82) is 0 Å². The maximum absolute atomic E-state index is 12.8. The quantitative estimate of drug-likeness (QED) is 0.428. The van der Waals surface area contributed by atoms with E-state index in [0.717, 1.165) is 5.56 Å². The molecule has 28 heavy (non-hydrogen) atoms. The second-order valence-corrected chi connectivity index (χ2v) is 6.00. The highest BCUT2D eigenvalue weighted by atomic mass is 16.6. The highest BCUT2D eigenvalue weighted by Crippen LogP contribution is 2.16. The number of nitrogens with zero attached hydrogens (tertiary/aromatic N) is 2. The molecular formula is C19H17N5O4. The van der Waals surface area contributed by atoms with E-state index in [9.17, 15) is 19.7 Å². The van der Waals surface area contributed by atoms with E-state index in [1.807, 2.05) is 30.3 Å². The summed E-state index contributed by atoms with van der Waals surface area (Å²) < 4.78 is 0. The van der Waals surface area contributed by atoms with Gasteiger partial charge in [-0.15, -0.1) is 0 Å². The third kappa shape index (κ3) is 4.79. The van der Waals surface area contributed by atoms with Crippen LogP contribution in [0.1, 0.15) is 15.9 Å². The van der Waals surface area contributed by atoms with Crippen LogP contribution in [0.5, 0.6) is 0 Å². The Morgan fingerprint density at radius 3 is 2.43 bits per heavy atom. The zero-order valence-electron chi connectivity index (χ0n) is 14.7. The summed E-state index contributed by atoms with van der Waals surface area (Å²) in [7, 11) is 0. The molecular weight excluding hydrogens is 362 g/mol. The van der Waals surface area contributed by atoms with Crippen molar-refractivity contribution < 1.29 is 14.5 Å². The van der Waals surface area contributed by atoms with Crippen LogP contribution in [-0.2, 0) is 11.2 Å². The predicted molar refractivity (Wildman–Crippen MR) is 102 cm³/mol. The molecule has 142 valence electrons. The van der Waals surface area contributed by atoms with E-state index in [-0.39, 0.29) is 12.1 Å². The van der Waals surface area contributed by atoms with Gasteiger partial charge in [-0.2, -0.15) is 5.10 Å². The molecule has 1 unspecified atom stereocenters. The monoisotopic (exact) mass is 379 g/mol. The van der Waals surface area contributed by atoms with Crippen molar-refractivity contribution in [2.24, 2.45) is 0 Å². The van der Waals surface area contributed by atoms with Crippen LogP contribution in [0, 0.1) is 10.1 Å². The number of nitrogens with one attached hydrogen (secondary N) is 3. The molecule has 3 N–H and O–H groups in total. The topological polar surface area (TPSA) is 130 Å². The van der Waals surface area contributed by atoms with Gasteiger partial charge in [0.15, 0.2) is 0 Å². The fourth-order valence-corrected chi connectivity index (χ4v) is 2.57. The van der Waals surface area contributed by atoms with E-state index in [0.29, 0.717) is 11.3 Å². The Kier molecular flexibility index (Phi) is 5.75. The normalized spacial score (nSPS) is 11.4. The summed E-state index contributed by atoms with van der Waals surface area (Å²) in [6, 6.07) is 13.9. The lowest BCUT2D eigenvalue weighted by molar-refractivity contribution is -0.384. The second kappa shape index (κ2) is 8.58. The number of hydrogen-bond acceptors (Lipinski definition) is 5. The molecule has 0 saturated heterocycles. The minimum atomic E-state index is -0.847. The van der Waals surface area contributed by atoms with Crippen LogP contribution in [0.2, 0.25) is 0 Å². The highest BCUT2D eigenvalue weighted by molar-refractivity contribution is 6.01. The first-order chi connectivity index (χ1) is 13.5. The van der Waals surface area contributed by atoms with Crippen LogP contribution >= 0.6 is 0 Å². The van der Waals surface area contributed by atoms with Crippen molar-refractivity contribution in [2.75, 3.05) is 5.32 Å². The lowest BCUT2D eigenvalue weighted by Crippen LogP contribution is -2.45. The third-order valence-corrected chi connectivity index (χ3v) is 4.01. The van der Waals surface area contributed by atoms with Crippen LogP contribution in [0.4, 0.5) is 11.4 Å². The van der Waals surface area contributed by atoms with E-state index in [2.05, 4.69) is 20.8 Å². The molecule has 0 radical (unpaired) electrons. The lowest BCUT2D eigenvalue weighted by Gasteiger charge is -2.18. The Morgan fingerprint density at radius 2 is 1.82 bits per heavy atom. The minimum absolute atomic E-state index is 0.0768. The van der Waals surface area contributed by atoms with Gasteiger partial charge in [-0.05, 0) is 17.7 Å². The zero-order valence-corrected chi connectivity index (χ0v) is 14.7. The molecule has 0 fully saturated rings. The molecule has 0 bridgehead atoms. The number of hydrogen-bond donors (Lipinski definition) is 3. The average molecular weight is 379 g/mol. The van der Waals surface area contributed by atoms with Crippen molar-refractivity contribution in [3.63, 3.8) is 0 Å². The molecule has 1 heterocycles. The van der Waals surface area contributed by atoms with Crippen molar-refractivity contribution in [2.45, 2.75) is 12.5 Å². The van der Waals surface area contributed by atoms with E-state index in [1.165, 1.54) is 36.7 Å². The van der Waals surface area contributed by atoms with Crippen LogP contribution in [0.25, 0.3) is 0 Å². The molecule has 9 heteroatoms. The Bertz CT molecular complexity index is 956. The molecule has 9 nitrogen and oxygen atoms in total. The van der Waals surface area contributed by atoms with E-state index in [1.54, 1.807) is 0 Å². The van der Waals surface area contributed by atoms with Crippen LogP contribution in [0.3, 0.4) is 0 Å². The van der Waals surface area contributed by atoms with Gasteiger partial charge in [0, 0.05) is 30.4 Å². The van der Waals surface area contributed by atoms with E-state index >= 15 is 0 Å². The summed E-state index contributed by atoms with van der Waals surface area (Å²) in [4.78, 5) is 35.3. The molecule has 1 aromatic heterocycles. The SMILES string of the molecule is O=C(NC(Cc1ccccc1)C(=O)Nc1ccc([N+](=O)[O-])cc1)c1cn[nH]c1. The highest BCUT2D eigenvalue weighted by Gasteiger charge is 2.22. The summed E-state index contributed by atoms with van der Waals surface area (Å²) >= 11 is 0. The smallest absolute Gasteiger partial charge is 0.269 e. The van der Waals surface area contributed by atoms with Gasteiger partial charge in [0.1, 0.15) is 6.04 Å². The van der Waals surface area contributed by atoms with Gasteiger partial charge in [-0.1, -0.05) is 30.3 Å². The number of anilines is 1. The van der Waals surface area contributed by atoms with Gasteiger partial charge in [-0.25, -0.2) is 0 Å². The van der Waals surface area contributed by atoms with E-state index < -0.39 is 22.8 Å². The Morgan fingerprint density at radius 1 is 1.11 bits per heavy atom. The summed E-state index contributed by atoms with van der Waals surface area (Å²) in [5.41, 5.74) is 1.50. The molecule has 0 aliphatic heterocycles. The first kappa shape index (κ1) is 18.8. The minimum Gasteiger partial charge on any atom is -0.340 e. The van der Waals surface area contributed by atoms with Crippen LogP contribution < -0.4 is 10.6 Å². The van der Waals surface area contributed by atoms with Gasteiger partial charge in [0.05, 0.1) is 16.7 Å². The number of rotatable bonds is 7. The number of benzene rings is 2. The van der Waals surface area contributed by atoms with Crippen LogP contribution in [-0.4, -0.2) is 33.0 Å². The first-order valence-electron chi connectivity index (χ1n) is 8.42. The first-order valence-corrected chi connectivity index (χ1v) is 8.42. The molecule has 0 aliphatic rings. The number of nitro groups is 1. The molecule has 3 aromatic rings. The average Bonchev–Trinajstić information content (AvgIpc) is 3.23. The number of amides is 2. The molecule has 2 amide bonds. The molecule has 0 aliphatic carbocycles. The standard InChI is InChI=1S/C19H17N5O4/c25-18(14-11-20-21-12-14)23-17(10-13-4-2-1-3-5-13)19(26)22-15-6-8-16(9-7-15)24(27)28/h1-9,11-12,17H,10H2,(H,20,21)(H,22,26)(H,23,25). The van der Waals surface area contributed by atoms with Crippen molar-refractivity contribution >= 4 is 23.2 Å². The fraction of sp³-hybridized carbons (Fsp3) is 0.105. The summed E-state index contributed by atoms with van der Waals surface area (Å²) in [5.74, 6) is -0.872. The number of H-pyrrole nitrogens is 1. The van der Waals surface area contributed by atoms with Crippen molar-refractivity contribution in [3.05, 3.63) is 88.2 Å². The third-order valence-electron chi connectivity index (χ3n) is 4.01. The molecule has 3 rings (SSSR count). The predicted octanol–water partition coefficient (Wildman–Crippen LogP) is 2.30. The van der Waals surface area contributed by atoms with Gasteiger partial charge in [0.25, 0.3) is 11.6 Å². The van der Waals surface area contributed by atoms with Crippen molar-refractivity contribution in [3.8, 4) is 0 Å². The van der Waals surface area contributed by atoms with Gasteiger partial charge < -0.3 is 10.6 Å². The Hall–Kier alpha value is -4.01. The molecule has 1 atom stereocenters. The summed E-state index contributed by atoms with van der Waals surface area (Å²) in [5, 5.41) is 22.4. The largest absolute Gasteiger partial charge is 0.340 e. The maximum atomic E-state index is 12.8. The summed E-state index contributed by atoms with van der Waals surface area (Å²) in [6.45, 7) is 0. The van der Waals surface area contributed by atoms with Gasteiger partial charge in [0.2, 0.25) is 5.91 Å². The number of carbonyl (C=O) groups is 2. The van der Waals surface area contributed by atoms with E-state index in [4.69, 9.17) is 0 Å². The lowest BCUT2D eigenvalue weighted by atomic mass is 10.0. The van der Waals surface area contributed by atoms with Crippen molar-refractivity contribution in [1.82, 2.24) is 15.5 Å². The van der Waals surface area contributed by atoms with Crippen LogP contribution in [0.15, 0.2) is 67.0 Å². The Labute approximate surface area is 159 Å². The Balaban J connectivity index is 1.75. The second-order valence-electron chi connectivity index (χ2n) is 6.00.